The van der Waals surface area contributed by atoms with Crippen molar-refractivity contribution >= 4 is 11.8 Å². The van der Waals surface area contributed by atoms with Crippen LogP contribution in [0.5, 0.6) is 11.5 Å². The largest absolute Gasteiger partial charge is 0.486 e. The Hall–Kier alpha value is -1.99. The SMILES string of the molecule is NC[C@H](O)C1CN(c2ccc3c(c2)OCCO3)C(=O)O1. The lowest BCUT2D eigenvalue weighted by atomic mass is 10.2. The molecule has 1 amide bonds. The van der Waals surface area contributed by atoms with Gasteiger partial charge in [-0.25, -0.2) is 4.79 Å². The maximum atomic E-state index is 11.9. The molecule has 2 aliphatic heterocycles. The maximum absolute atomic E-state index is 11.9. The van der Waals surface area contributed by atoms with Crippen molar-refractivity contribution in [2.75, 3.05) is 31.2 Å². The Morgan fingerprint density at radius 2 is 2.10 bits per heavy atom. The van der Waals surface area contributed by atoms with E-state index in [1.807, 2.05) is 0 Å². The van der Waals surface area contributed by atoms with Gasteiger partial charge in [0.05, 0.1) is 12.2 Å². The zero-order valence-corrected chi connectivity index (χ0v) is 10.8. The number of amides is 1. The number of benzene rings is 1. The molecule has 0 spiro atoms. The number of hydrogen-bond donors (Lipinski definition) is 2. The summed E-state index contributed by atoms with van der Waals surface area (Å²) < 4.78 is 16.0. The number of carbonyl (C=O) groups excluding carboxylic acids is 1. The molecule has 1 aromatic rings. The van der Waals surface area contributed by atoms with Crippen LogP contribution in [0.1, 0.15) is 0 Å². The van der Waals surface area contributed by atoms with Crippen LogP contribution in [0.4, 0.5) is 10.5 Å². The van der Waals surface area contributed by atoms with Crippen LogP contribution < -0.4 is 20.1 Å². The molecular formula is C13H16N2O5. The Balaban J connectivity index is 1.81. The minimum atomic E-state index is -0.860. The topological polar surface area (TPSA) is 94.3 Å². The fourth-order valence-electron chi connectivity index (χ4n) is 2.25. The van der Waals surface area contributed by atoms with Crippen molar-refractivity contribution < 1.29 is 24.1 Å². The number of ether oxygens (including phenoxy) is 3. The minimum absolute atomic E-state index is 0.0485. The van der Waals surface area contributed by atoms with Crippen molar-refractivity contribution in [1.82, 2.24) is 0 Å². The first-order chi connectivity index (χ1) is 9.69. The van der Waals surface area contributed by atoms with E-state index in [-0.39, 0.29) is 13.1 Å². The van der Waals surface area contributed by atoms with E-state index in [2.05, 4.69) is 0 Å². The van der Waals surface area contributed by atoms with Crippen molar-refractivity contribution in [3.63, 3.8) is 0 Å². The number of nitrogens with two attached hydrogens (primary N) is 1. The van der Waals surface area contributed by atoms with Gasteiger partial charge in [-0.15, -0.1) is 0 Å². The van der Waals surface area contributed by atoms with Crippen LogP contribution in [0.2, 0.25) is 0 Å². The second-order valence-electron chi connectivity index (χ2n) is 4.66. The van der Waals surface area contributed by atoms with E-state index in [1.165, 1.54) is 4.90 Å². The first kappa shape index (κ1) is 13.0. The summed E-state index contributed by atoms with van der Waals surface area (Å²) in [5, 5.41) is 9.66. The summed E-state index contributed by atoms with van der Waals surface area (Å²) in [7, 11) is 0. The van der Waals surface area contributed by atoms with Gasteiger partial charge in [0, 0.05) is 12.6 Å². The van der Waals surface area contributed by atoms with Gasteiger partial charge in [-0.3, -0.25) is 4.90 Å². The standard InChI is InChI=1S/C13H16N2O5/c14-6-9(16)12-7-15(13(17)20-12)8-1-2-10-11(5-8)19-4-3-18-10/h1-2,5,9,12,16H,3-4,6-7,14H2/t9-,12?/m0/s1. The van der Waals surface area contributed by atoms with Crippen molar-refractivity contribution in [3.05, 3.63) is 18.2 Å². The fraction of sp³-hybridized carbons (Fsp3) is 0.462. The van der Waals surface area contributed by atoms with Gasteiger partial charge < -0.3 is 25.1 Å². The number of hydrogen-bond acceptors (Lipinski definition) is 6. The molecule has 1 unspecified atom stereocenters. The summed E-state index contributed by atoms with van der Waals surface area (Å²) in [6.07, 6.45) is -1.97. The summed E-state index contributed by atoms with van der Waals surface area (Å²) >= 11 is 0. The zero-order valence-electron chi connectivity index (χ0n) is 10.8. The fourth-order valence-corrected chi connectivity index (χ4v) is 2.25. The molecule has 7 heteroatoms. The maximum Gasteiger partial charge on any atom is 0.414 e. The molecule has 3 N–H and O–H groups in total. The summed E-state index contributed by atoms with van der Waals surface area (Å²) in [6.45, 7) is 1.31. The summed E-state index contributed by atoms with van der Waals surface area (Å²) in [4.78, 5) is 13.3. The van der Waals surface area contributed by atoms with Gasteiger partial charge in [-0.05, 0) is 12.1 Å². The molecule has 2 heterocycles. The molecule has 20 heavy (non-hydrogen) atoms. The van der Waals surface area contributed by atoms with Crippen LogP contribution in [0.15, 0.2) is 18.2 Å². The second-order valence-corrected chi connectivity index (χ2v) is 4.66. The molecule has 2 aliphatic rings. The average molecular weight is 280 g/mol. The predicted molar refractivity (Wildman–Crippen MR) is 70.1 cm³/mol. The van der Waals surface area contributed by atoms with Gasteiger partial charge in [0.25, 0.3) is 0 Å². The van der Waals surface area contributed by atoms with Crippen molar-refractivity contribution in [2.24, 2.45) is 5.73 Å². The Labute approximate surface area is 115 Å². The molecule has 1 aromatic carbocycles. The van der Waals surface area contributed by atoms with Crippen LogP contribution >= 0.6 is 0 Å². The Kier molecular flexibility index (Phi) is 3.37. The minimum Gasteiger partial charge on any atom is -0.486 e. The van der Waals surface area contributed by atoms with E-state index in [0.717, 1.165) is 0 Å². The highest BCUT2D eigenvalue weighted by Crippen LogP contribution is 2.35. The number of anilines is 1. The summed E-state index contributed by atoms with van der Waals surface area (Å²) in [6, 6.07) is 5.24. The van der Waals surface area contributed by atoms with Gasteiger partial charge in [0.2, 0.25) is 0 Å². The molecule has 0 bridgehead atoms. The number of nitrogens with zero attached hydrogens (tertiary/aromatic N) is 1. The number of cyclic esters (lactones) is 1. The van der Waals surface area contributed by atoms with Gasteiger partial charge in [0.15, 0.2) is 11.5 Å². The lowest BCUT2D eigenvalue weighted by Crippen LogP contribution is -2.36. The van der Waals surface area contributed by atoms with E-state index in [9.17, 15) is 9.90 Å². The lowest BCUT2D eigenvalue weighted by molar-refractivity contribution is 0.0380. The van der Waals surface area contributed by atoms with Crippen LogP contribution in [0.25, 0.3) is 0 Å². The lowest BCUT2D eigenvalue weighted by Gasteiger charge is -2.21. The van der Waals surface area contributed by atoms with E-state index in [4.69, 9.17) is 19.9 Å². The van der Waals surface area contributed by atoms with Gasteiger partial charge in [-0.2, -0.15) is 0 Å². The van der Waals surface area contributed by atoms with Gasteiger partial charge >= 0.3 is 6.09 Å². The first-order valence-corrected chi connectivity index (χ1v) is 6.45. The highest BCUT2D eigenvalue weighted by Gasteiger charge is 2.36. The third-order valence-electron chi connectivity index (χ3n) is 3.34. The van der Waals surface area contributed by atoms with Crippen molar-refractivity contribution in [1.29, 1.82) is 0 Å². The molecule has 3 rings (SSSR count). The van der Waals surface area contributed by atoms with E-state index in [0.29, 0.717) is 30.4 Å². The van der Waals surface area contributed by atoms with Crippen molar-refractivity contribution in [2.45, 2.75) is 12.2 Å². The van der Waals surface area contributed by atoms with E-state index >= 15 is 0 Å². The van der Waals surface area contributed by atoms with E-state index < -0.39 is 18.3 Å². The Morgan fingerprint density at radius 3 is 2.85 bits per heavy atom. The third-order valence-corrected chi connectivity index (χ3v) is 3.34. The molecule has 0 saturated carbocycles. The number of rotatable bonds is 3. The zero-order chi connectivity index (χ0) is 14.1. The highest BCUT2D eigenvalue weighted by molar-refractivity contribution is 5.90. The van der Waals surface area contributed by atoms with E-state index in [1.54, 1.807) is 18.2 Å². The quantitative estimate of drug-likeness (QED) is 0.815. The summed E-state index contributed by atoms with van der Waals surface area (Å²) in [5.74, 6) is 1.26. The summed E-state index contributed by atoms with van der Waals surface area (Å²) in [5.41, 5.74) is 6.02. The smallest absolute Gasteiger partial charge is 0.414 e. The number of carbonyl (C=O) groups is 1. The van der Waals surface area contributed by atoms with Crippen LogP contribution in [-0.4, -0.2) is 49.7 Å². The average Bonchev–Trinajstić information content (AvgIpc) is 2.88. The molecule has 0 radical (unpaired) electrons. The van der Waals surface area contributed by atoms with Crippen LogP contribution in [0, 0.1) is 0 Å². The Bertz CT molecular complexity index is 521. The predicted octanol–water partition coefficient (Wildman–Crippen LogP) is 0.103. The van der Waals surface area contributed by atoms with Crippen LogP contribution in [0.3, 0.4) is 0 Å². The molecule has 1 saturated heterocycles. The number of fused-ring (bicyclic) bond motifs is 1. The highest BCUT2D eigenvalue weighted by atomic mass is 16.6. The monoisotopic (exact) mass is 280 g/mol. The second kappa shape index (κ2) is 5.18. The normalized spacial score (nSPS) is 22.6. The first-order valence-electron chi connectivity index (χ1n) is 6.45. The molecular weight excluding hydrogens is 264 g/mol. The van der Waals surface area contributed by atoms with Crippen LogP contribution in [-0.2, 0) is 4.74 Å². The number of aliphatic hydroxyl groups excluding tert-OH is 1. The molecule has 7 nitrogen and oxygen atoms in total. The van der Waals surface area contributed by atoms with Gasteiger partial charge in [-0.1, -0.05) is 0 Å². The Morgan fingerprint density at radius 1 is 1.35 bits per heavy atom. The molecule has 108 valence electrons. The molecule has 0 aliphatic carbocycles. The molecule has 2 atom stereocenters. The van der Waals surface area contributed by atoms with Crippen molar-refractivity contribution in [3.8, 4) is 11.5 Å². The molecule has 0 aromatic heterocycles. The molecule has 1 fully saturated rings. The third kappa shape index (κ3) is 2.25. The number of aliphatic hydroxyl groups is 1. The van der Waals surface area contributed by atoms with Gasteiger partial charge in [0.1, 0.15) is 25.4 Å².